The van der Waals surface area contributed by atoms with Gasteiger partial charge in [-0.15, -0.1) is 0 Å². The zero-order chi connectivity index (χ0) is 25.0. The van der Waals surface area contributed by atoms with Crippen LogP contribution in [0.4, 0.5) is 30.4 Å². The molecule has 0 spiro atoms. The molecule has 0 unspecified atom stereocenters. The van der Waals surface area contributed by atoms with Gasteiger partial charge in [-0.1, -0.05) is 11.6 Å². The van der Waals surface area contributed by atoms with Crippen LogP contribution in [0.5, 0.6) is 5.75 Å². The largest absolute Gasteiger partial charge is 0.495 e. The Morgan fingerprint density at radius 3 is 2.47 bits per heavy atom. The van der Waals surface area contributed by atoms with Gasteiger partial charge in [-0.05, 0) is 48.9 Å². The minimum atomic E-state index is -4.57. The van der Waals surface area contributed by atoms with Gasteiger partial charge in [-0.3, -0.25) is 19.5 Å². The number of nitrogens with one attached hydrogen (secondary N) is 1. The number of hydrogen-bond acceptors (Lipinski definition) is 6. The third-order valence-electron chi connectivity index (χ3n) is 4.72. The fraction of sp³-hybridized carbons (Fsp3) is 0.182. The van der Waals surface area contributed by atoms with Gasteiger partial charge in [0.05, 0.1) is 42.5 Å². The molecule has 0 fully saturated rings. The number of nitrogens with two attached hydrogens (primary N) is 1. The number of aromatic nitrogens is 2. The van der Waals surface area contributed by atoms with Crippen LogP contribution in [0.1, 0.15) is 16.8 Å². The molecule has 8 nitrogen and oxygen atoms in total. The van der Waals surface area contributed by atoms with E-state index in [-0.39, 0.29) is 40.2 Å². The van der Waals surface area contributed by atoms with Crippen LogP contribution in [0.15, 0.2) is 48.8 Å². The van der Waals surface area contributed by atoms with Crippen molar-refractivity contribution in [3.63, 3.8) is 0 Å². The number of amides is 2. The summed E-state index contributed by atoms with van der Waals surface area (Å²) in [4.78, 5) is 34.7. The van der Waals surface area contributed by atoms with Crippen LogP contribution in [0.2, 0.25) is 5.02 Å². The second-order valence-corrected chi connectivity index (χ2v) is 7.56. The van der Waals surface area contributed by atoms with Crippen molar-refractivity contribution < 1.29 is 27.5 Å². The SMILES string of the molecule is COc1ccc(Cl)cc1N(Cc1ccc(C(F)(F)F)cn1)C(=O)C(=O)Nc1cnc(N)c(C)c1. The van der Waals surface area contributed by atoms with Crippen LogP contribution in [0, 0.1) is 6.92 Å². The van der Waals surface area contributed by atoms with Gasteiger partial charge in [0.25, 0.3) is 0 Å². The second kappa shape index (κ2) is 9.96. The average Bonchev–Trinajstić information content (AvgIpc) is 2.79. The van der Waals surface area contributed by atoms with Crippen molar-refractivity contribution in [3.05, 3.63) is 70.6 Å². The van der Waals surface area contributed by atoms with E-state index >= 15 is 0 Å². The lowest BCUT2D eigenvalue weighted by molar-refractivity contribution is -0.137. The smallest absolute Gasteiger partial charge is 0.417 e. The zero-order valence-electron chi connectivity index (χ0n) is 18.0. The predicted octanol–water partition coefficient (Wildman–Crippen LogP) is 4.22. The summed E-state index contributed by atoms with van der Waals surface area (Å²) in [5.41, 5.74) is 5.77. The molecule has 3 rings (SSSR count). The van der Waals surface area contributed by atoms with Gasteiger partial charge in [0, 0.05) is 11.2 Å². The Labute approximate surface area is 197 Å². The molecule has 3 aromatic rings. The Balaban J connectivity index is 1.95. The Morgan fingerprint density at radius 2 is 1.88 bits per heavy atom. The van der Waals surface area contributed by atoms with Crippen molar-refractivity contribution in [2.24, 2.45) is 0 Å². The highest BCUT2D eigenvalue weighted by Gasteiger charge is 2.31. The van der Waals surface area contributed by atoms with Crippen LogP contribution in [-0.4, -0.2) is 28.9 Å². The molecule has 2 heterocycles. The van der Waals surface area contributed by atoms with Crippen LogP contribution in [0.25, 0.3) is 0 Å². The lowest BCUT2D eigenvalue weighted by Gasteiger charge is -2.24. The highest BCUT2D eigenvalue weighted by atomic mass is 35.5. The van der Waals surface area contributed by atoms with Gasteiger partial charge >= 0.3 is 18.0 Å². The number of benzene rings is 1. The van der Waals surface area contributed by atoms with E-state index in [0.29, 0.717) is 11.8 Å². The summed E-state index contributed by atoms with van der Waals surface area (Å²) in [7, 11) is 1.36. The highest BCUT2D eigenvalue weighted by molar-refractivity contribution is 6.44. The van der Waals surface area contributed by atoms with Crippen LogP contribution >= 0.6 is 11.6 Å². The third kappa shape index (κ3) is 5.73. The maximum absolute atomic E-state index is 13.2. The molecule has 0 aliphatic rings. The highest BCUT2D eigenvalue weighted by Crippen LogP contribution is 2.33. The summed E-state index contributed by atoms with van der Waals surface area (Å²) in [5, 5.41) is 2.68. The first kappa shape index (κ1) is 24.8. The van der Waals surface area contributed by atoms with Crippen molar-refractivity contribution in [1.29, 1.82) is 0 Å². The number of nitrogen functional groups attached to an aromatic ring is 1. The third-order valence-corrected chi connectivity index (χ3v) is 4.95. The molecule has 3 N–H and O–H groups in total. The number of alkyl halides is 3. The fourth-order valence-electron chi connectivity index (χ4n) is 2.95. The van der Waals surface area contributed by atoms with Gasteiger partial charge in [-0.2, -0.15) is 13.2 Å². The first-order valence-corrected chi connectivity index (χ1v) is 10.1. The Bertz CT molecular complexity index is 1220. The zero-order valence-corrected chi connectivity index (χ0v) is 18.7. The van der Waals surface area contributed by atoms with E-state index in [1.165, 1.54) is 37.6 Å². The number of pyridine rings is 2. The minimum Gasteiger partial charge on any atom is -0.495 e. The standard InChI is InChI=1S/C22H19ClF3N5O3/c1-12-7-16(10-29-19(12)27)30-20(32)21(33)31(17-8-14(23)4-6-18(17)34-2)11-15-5-3-13(9-28-15)22(24,25)26/h3-10H,11H2,1-2H3,(H2,27,29)(H,30,32). The van der Waals surface area contributed by atoms with E-state index in [0.717, 1.165) is 17.0 Å². The number of rotatable bonds is 5. The lowest BCUT2D eigenvalue weighted by Crippen LogP contribution is -2.40. The molecule has 1 aromatic carbocycles. The summed E-state index contributed by atoms with van der Waals surface area (Å²) in [6, 6.07) is 7.89. The van der Waals surface area contributed by atoms with Crippen molar-refractivity contribution in [2.75, 3.05) is 23.1 Å². The summed E-state index contributed by atoms with van der Waals surface area (Å²) in [6.07, 6.45) is -2.63. The van der Waals surface area contributed by atoms with Crippen molar-refractivity contribution >= 4 is 40.6 Å². The molecular formula is C22H19ClF3N5O3. The summed E-state index contributed by atoms with van der Waals surface area (Å²) < 4.78 is 43.9. The number of aryl methyl sites for hydroxylation is 1. The Morgan fingerprint density at radius 1 is 1.15 bits per heavy atom. The number of carbonyl (C=O) groups is 2. The molecule has 2 aromatic heterocycles. The quantitative estimate of drug-likeness (QED) is 0.515. The number of nitrogens with zero attached hydrogens (tertiary/aromatic N) is 3. The van der Waals surface area contributed by atoms with E-state index in [1.807, 2.05) is 0 Å². The number of ether oxygens (including phenoxy) is 1. The van der Waals surface area contributed by atoms with E-state index < -0.39 is 23.6 Å². The molecule has 0 bridgehead atoms. The molecular weight excluding hydrogens is 475 g/mol. The normalized spacial score (nSPS) is 11.1. The summed E-state index contributed by atoms with van der Waals surface area (Å²) >= 11 is 6.08. The number of methoxy groups -OCH3 is 1. The molecule has 0 aliphatic carbocycles. The van der Waals surface area contributed by atoms with Crippen LogP contribution in [0.3, 0.4) is 0 Å². The van der Waals surface area contributed by atoms with Gasteiger partial charge in [0.15, 0.2) is 0 Å². The number of hydrogen-bond donors (Lipinski definition) is 2. The van der Waals surface area contributed by atoms with Crippen molar-refractivity contribution in [2.45, 2.75) is 19.6 Å². The monoisotopic (exact) mass is 493 g/mol. The number of carbonyl (C=O) groups excluding carboxylic acids is 2. The first-order valence-electron chi connectivity index (χ1n) is 9.70. The molecule has 34 heavy (non-hydrogen) atoms. The molecule has 0 radical (unpaired) electrons. The van der Waals surface area contributed by atoms with E-state index in [2.05, 4.69) is 15.3 Å². The second-order valence-electron chi connectivity index (χ2n) is 7.12. The van der Waals surface area contributed by atoms with E-state index in [1.54, 1.807) is 6.92 Å². The van der Waals surface area contributed by atoms with E-state index in [9.17, 15) is 22.8 Å². The maximum Gasteiger partial charge on any atom is 0.417 e. The fourth-order valence-corrected chi connectivity index (χ4v) is 3.12. The number of halogens is 4. The molecule has 12 heteroatoms. The minimum absolute atomic E-state index is 0.0983. The molecule has 0 saturated heterocycles. The topological polar surface area (TPSA) is 110 Å². The van der Waals surface area contributed by atoms with Gasteiger partial charge in [0.2, 0.25) is 0 Å². The predicted molar refractivity (Wildman–Crippen MR) is 120 cm³/mol. The van der Waals surface area contributed by atoms with Crippen molar-refractivity contribution in [3.8, 4) is 5.75 Å². The van der Waals surface area contributed by atoms with Crippen molar-refractivity contribution in [1.82, 2.24) is 9.97 Å². The van der Waals surface area contributed by atoms with Gasteiger partial charge < -0.3 is 15.8 Å². The molecule has 0 saturated carbocycles. The Kier molecular flexibility index (Phi) is 7.26. The van der Waals surface area contributed by atoms with E-state index in [4.69, 9.17) is 22.1 Å². The Hall–Kier alpha value is -3.86. The summed E-state index contributed by atoms with van der Waals surface area (Å²) in [5.74, 6) is -1.58. The number of anilines is 3. The maximum atomic E-state index is 13.2. The first-order chi connectivity index (χ1) is 16.0. The summed E-state index contributed by atoms with van der Waals surface area (Å²) in [6.45, 7) is 1.35. The molecule has 0 aliphatic heterocycles. The van der Waals surface area contributed by atoms with Crippen LogP contribution < -0.4 is 20.7 Å². The lowest BCUT2D eigenvalue weighted by atomic mass is 10.2. The molecule has 2 amide bonds. The molecule has 0 atom stereocenters. The average molecular weight is 494 g/mol. The van der Waals surface area contributed by atoms with Crippen LogP contribution in [-0.2, 0) is 22.3 Å². The van der Waals surface area contributed by atoms with Gasteiger partial charge in [-0.25, -0.2) is 4.98 Å². The van der Waals surface area contributed by atoms with Gasteiger partial charge in [0.1, 0.15) is 11.6 Å². The molecule has 178 valence electrons.